The molecule has 1 aliphatic heterocycles. The normalized spacial score (nSPS) is 23.8. The van der Waals surface area contributed by atoms with Crippen LogP contribution in [-0.2, 0) is 4.79 Å². The minimum atomic E-state index is -0.802. The van der Waals surface area contributed by atoms with Gasteiger partial charge in [0.05, 0.1) is 11.6 Å². The molecule has 2 amide bonds. The Balaban J connectivity index is 1.59. The summed E-state index contributed by atoms with van der Waals surface area (Å²) in [6.07, 6.45) is 3.68. The molecule has 1 saturated carbocycles. The van der Waals surface area contributed by atoms with E-state index in [0.717, 1.165) is 25.9 Å². The van der Waals surface area contributed by atoms with Crippen molar-refractivity contribution in [3.05, 3.63) is 23.2 Å². The Morgan fingerprint density at radius 3 is 2.63 bits per heavy atom. The molecule has 0 aromatic heterocycles. The Labute approximate surface area is 164 Å². The Morgan fingerprint density at radius 1 is 1.22 bits per heavy atom. The zero-order chi connectivity index (χ0) is 19.4. The zero-order valence-corrected chi connectivity index (χ0v) is 16.2. The van der Waals surface area contributed by atoms with Crippen molar-refractivity contribution in [1.29, 1.82) is 0 Å². The molecule has 2 fully saturated rings. The molecular weight excluding hydrogens is 370 g/mol. The maximum atomic E-state index is 12.4. The summed E-state index contributed by atoms with van der Waals surface area (Å²) in [6, 6.07) is 4.67. The minimum absolute atomic E-state index is 0.108. The summed E-state index contributed by atoms with van der Waals surface area (Å²) < 4.78 is 6.10. The second kappa shape index (κ2) is 8.80. The number of hydrogen-bond donors (Lipinski definition) is 3. The quantitative estimate of drug-likeness (QED) is 0.712. The first-order chi connectivity index (χ1) is 12.9. The number of carboxylic acid groups (broad SMARTS) is 1. The van der Waals surface area contributed by atoms with Crippen LogP contribution in [-0.4, -0.2) is 54.3 Å². The second-order valence-electron chi connectivity index (χ2n) is 7.40. The van der Waals surface area contributed by atoms with Gasteiger partial charge in [0.25, 0.3) is 0 Å². The lowest BCUT2D eigenvalue weighted by Gasteiger charge is -2.30. The molecule has 1 aromatic rings. The molecule has 0 unspecified atom stereocenters. The van der Waals surface area contributed by atoms with Gasteiger partial charge in [-0.1, -0.05) is 11.6 Å². The van der Waals surface area contributed by atoms with E-state index in [0.29, 0.717) is 35.7 Å². The smallest absolute Gasteiger partial charge is 0.319 e. The number of nitrogens with zero attached hydrogens (tertiary/aromatic N) is 1. The van der Waals surface area contributed by atoms with E-state index in [4.69, 9.17) is 21.4 Å². The number of carboxylic acids is 1. The fourth-order valence-electron chi connectivity index (χ4n) is 3.67. The van der Waals surface area contributed by atoms with Crippen LogP contribution in [0.15, 0.2) is 18.2 Å². The van der Waals surface area contributed by atoms with Gasteiger partial charge in [0.1, 0.15) is 11.9 Å². The third kappa shape index (κ3) is 5.49. The van der Waals surface area contributed by atoms with E-state index < -0.39 is 5.97 Å². The van der Waals surface area contributed by atoms with Crippen molar-refractivity contribution in [2.24, 2.45) is 5.92 Å². The molecule has 1 saturated heterocycles. The number of carbonyl (C=O) groups is 2. The van der Waals surface area contributed by atoms with Crippen LogP contribution in [0.1, 0.15) is 32.1 Å². The summed E-state index contributed by atoms with van der Waals surface area (Å²) in [4.78, 5) is 25.7. The number of anilines is 1. The lowest BCUT2D eigenvalue weighted by molar-refractivity contribution is -0.141. The number of halogens is 1. The number of carbonyl (C=O) groups excluding carboxylic acids is 1. The van der Waals surface area contributed by atoms with E-state index in [1.165, 1.54) is 0 Å². The number of piperidine rings is 1. The molecule has 2 atom stereocenters. The number of urea groups is 1. The number of hydrogen-bond acceptors (Lipinski definition) is 4. The highest BCUT2D eigenvalue weighted by molar-refractivity contribution is 6.31. The average molecular weight is 396 g/mol. The van der Waals surface area contributed by atoms with Gasteiger partial charge in [-0.15, -0.1) is 0 Å². The summed E-state index contributed by atoms with van der Waals surface area (Å²) in [5.41, 5.74) is 0.520. The molecule has 3 N–H and O–H groups in total. The summed E-state index contributed by atoms with van der Waals surface area (Å²) in [7, 11) is 2.09. The maximum Gasteiger partial charge on any atom is 0.319 e. The first-order valence-corrected chi connectivity index (χ1v) is 9.73. The average Bonchev–Trinajstić information content (AvgIpc) is 3.08. The van der Waals surface area contributed by atoms with Crippen LogP contribution < -0.4 is 15.4 Å². The van der Waals surface area contributed by atoms with E-state index in [2.05, 4.69) is 22.6 Å². The largest absolute Gasteiger partial charge is 0.488 e. The number of aliphatic carboxylic acids is 1. The third-order valence-corrected chi connectivity index (χ3v) is 5.50. The number of ether oxygens (including phenoxy) is 1. The predicted molar refractivity (Wildman–Crippen MR) is 104 cm³/mol. The number of amides is 2. The van der Waals surface area contributed by atoms with Gasteiger partial charge in [-0.25, -0.2) is 4.79 Å². The Bertz CT molecular complexity index is 692. The topological polar surface area (TPSA) is 90.9 Å². The molecule has 8 heteroatoms. The summed E-state index contributed by atoms with van der Waals surface area (Å²) >= 11 is 6.09. The van der Waals surface area contributed by atoms with Gasteiger partial charge in [-0.3, -0.25) is 4.79 Å². The summed E-state index contributed by atoms with van der Waals surface area (Å²) in [5, 5.41) is 15.2. The monoisotopic (exact) mass is 395 g/mol. The zero-order valence-electron chi connectivity index (χ0n) is 15.4. The lowest BCUT2D eigenvalue weighted by atomic mass is 10.1. The van der Waals surface area contributed by atoms with Crippen LogP contribution in [0, 0.1) is 5.92 Å². The molecule has 2 aliphatic rings. The highest BCUT2D eigenvalue weighted by atomic mass is 35.5. The van der Waals surface area contributed by atoms with Crippen LogP contribution in [0.2, 0.25) is 5.02 Å². The van der Waals surface area contributed by atoms with E-state index in [-0.39, 0.29) is 24.1 Å². The fourth-order valence-corrected chi connectivity index (χ4v) is 3.84. The first-order valence-electron chi connectivity index (χ1n) is 9.36. The maximum absolute atomic E-state index is 12.4. The van der Waals surface area contributed by atoms with E-state index in [1.54, 1.807) is 18.2 Å². The highest BCUT2D eigenvalue weighted by Gasteiger charge is 2.30. The van der Waals surface area contributed by atoms with Gasteiger partial charge in [0.15, 0.2) is 0 Å². The third-order valence-electron chi connectivity index (χ3n) is 5.27. The Morgan fingerprint density at radius 2 is 1.96 bits per heavy atom. The van der Waals surface area contributed by atoms with E-state index in [9.17, 15) is 9.59 Å². The van der Waals surface area contributed by atoms with Gasteiger partial charge < -0.3 is 25.4 Å². The van der Waals surface area contributed by atoms with Crippen LogP contribution in [0.5, 0.6) is 5.75 Å². The molecule has 0 radical (unpaired) electrons. The van der Waals surface area contributed by atoms with Gasteiger partial charge >= 0.3 is 12.0 Å². The molecule has 0 spiro atoms. The van der Waals surface area contributed by atoms with Gasteiger partial charge in [0.2, 0.25) is 0 Å². The molecule has 1 heterocycles. The predicted octanol–water partition coefficient (Wildman–Crippen LogP) is 3.19. The van der Waals surface area contributed by atoms with Crippen LogP contribution >= 0.6 is 11.6 Å². The summed E-state index contributed by atoms with van der Waals surface area (Å²) in [5.74, 6) is -0.591. The molecule has 7 nitrogen and oxygen atoms in total. The molecule has 1 aromatic carbocycles. The van der Waals surface area contributed by atoms with Gasteiger partial charge in [-0.2, -0.15) is 0 Å². The number of likely N-dealkylation sites (tertiary alicyclic amines) is 1. The van der Waals surface area contributed by atoms with Crippen molar-refractivity contribution < 1.29 is 19.4 Å². The van der Waals surface area contributed by atoms with Crippen LogP contribution in [0.3, 0.4) is 0 Å². The number of nitrogens with one attached hydrogen (secondary N) is 2. The van der Waals surface area contributed by atoms with Gasteiger partial charge in [-0.05, 0) is 57.4 Å². The van der Waals surface area contributed by atoms with E-state index >= 15 is 0 Å². The lowest BCUT2D eigenvalue weighted by Crippen LogP contribution is -2.37. The number of benzene rings is 1. The summed E-state index contributed by atoms with van der Waals surface area (Å²) in [6.45, 7) is 1.96. The Kier molecular flexibility index (Phi) is 6.44. The van der Waals surface area contributed by atoms with Gasteiger partial charge in [0, 0.05) is 24.2 Å². The van der Waals surface area contributed by atoms with Crippen LogP contribution in [0.25, 0.3) is 0 Å². The molecule has 0 bridgehead atoms. The fraction of sp³-hybridized carbons (Fsp3) is 0.579. The highest BCUT2D eigenvalue weighted by Crippen LogP contribution is 2.31. The molecule has 3 rings (SSSR count). The van der Waals surface area contributed by atoms with Crippen molar-refractivity contribution in [2.75, 3.05) is 25.5 Å². The standard InChI is InChI=1S/C19H26ClN3O4/c1-23-8-6-15(7-9-23)27-17-5-3-13(20)11-16(17)22-19(26)21-14-4-2-12(10-14)18(24)25/h3,5,11-12,14-15H,2,4,6-10H2,1H3,(H,24,25)(H2,21,22,26)/t12-,14+/m0/s1. The first kappa shape index (κ1) is 19.8. The minimum Gasteiger partial charge on any atom is -0.488 e. The van der Waals surface area contributed by atoms with Crippen molar-refractivity contribution in [2.45, 2.75) is 44.2 Å². The molecule has 1 aliphatic carbocycles. The van der Waals surface area contributed by atoms with Crippen molar-refractivity contribution in [1.82, 2.24) is 10.2 Å². The molecular formula is C19H26ClN3O4. The molecule has 148 valence electrons. The van der Waals surface area contributed by atoms with Crippen LogP contribution in [0.4, 0.5) is 10.5 Å². The van der Waals surface area contributed by atoms with Crippen molar-refractivity contribution in [3.63, 3.8) is 0 Å². The second-order valence-corrected chi connectivity index (χ2v) is 7.84. The number of rotatable bonds is 5. The Hall–Kier alpha value is -1.99. The van der Waals surface area contributed by atoms with Crippen molar-refractivity contribution >= 4 is 29.3 Å². The van der Waals surface area contributed by atoms with E-state index in [1.807, 2.05) is 0 Å². The SMILES string of the molecule is CN1CCC(Oc2ccc(Cl)cc2NC(=O)N[C@@H]2CC[C@H](C(=O)O)C2)CC1. The van der Waals surface area contributed by atoms with Crippen molar-refractivity contribution in [3.8, 4) is 5.75 Å². The molecule has 27 heavy (non-hydrogen) atoms.